The highest BCUT2D eigenvalue weighted by atomic mass is 35.5. The summed E-state index contributed by atoms with van der Waals surface area (Å²) in [5.41, 5.74) is 3.04. The van der Waals surface area contributed by atoms with E-state index in [0.717, 1.165) is 29.8 Å². The van der Waals surface area contributed by atoms with Crippen molar-refractivity contribution in [3.8, 4) is 0 Å². The minimum absolute atomic E-state index is 0.0270. The van der Waals surface area contributed by atoms with Crippen molar-refractivity contribution in [2.75, 3.05) is 11.4 Å². The van der Waals surface area contributed by atoms with E-state index in [0.29, 0.717) is 18.8 Å². The van der Waals surface area contributed by atoms with Crippen LogP contribution in [-0.4, -0.2) is 31.3 Å². The van der Waals surface area contributed by atoms with Gasteiger partial charge in [0.15, 0.2) is 0 Å². The summed E-state index contributed by atoms with van der Waals surface area (Å²) in [6, 6.07) is 1.49. The molecular formula is C18H18ClFN6O. The number of nitrogens with one attached hydrogen (secondary N) is 1. The number of fused-ring (bicyclic) bond motifs is 1. The van der Waals surface area contributed by atoms with Crippen LogP contribution in [0, 0.1) is 5.82 Å². The summed E-state index contributed by atoms with van der Waals surface area (Å²) in [5, 5.41) is 6.30. The summed E-state index contributed by atoms with van der Waals surface area (Å²) in [6.45, 7) is 3.27. The van der Waals surface area contributed by atoms with Crippen LogP contribution in [0.2, 0.25) is 5.02 Å². The topological polar surface area (TPSA) is 79.7 Å². The molecule has 1 atom stereocenters. The zero-order valence-electron chi connectivity index (χ0n) is 14.7. The fourth-order valence-electron chi connectivity index (χ4n) is 3.60. The Morgan fingerprint density at radius 3 is 3.00 bits per heavy atom. The largest absolute Gasteiger partial charge is 0.362 e. The van der Waals surface area contributed by atoms with Crippen LogP contribution in [0.4, 0.5) is 10.1 Å². The van der Waals surface area contributed by atoms with E-state index in [4.69, 9.17) is 11.6 Å². The van der Waals surface area contributed by atoms with Crippen LogP contribution in [0.1, 0.15) is 36.3 Å². The highest BCUT2D eigenvalue weighted by molar-refractivity contribution is 6.32. The van der Waals surface area contributed by atoms with E-state index in [1.807, 2.05) is 4.90 Å². The highest BCUT2D eigenvalue weighted by Crippen LogP contribution is 2.30. The summed E-state index contributed by atoms with van der Waals surface area (Å²) >= 11 is 6.13. The third kappa shape index (κ3) is 3.21. The van der Waals surface area contributed by atoms with Gasteiger partial charge in [0.2, 0.25) is 0 Å². The Balaban J connectivity index is 1.65. The van der Waals surface area contributed by atoms with Gasteiger partial charge in [0.1, 0.15) is 10.8 Å². The van der Waals surface area contributed by atoms with E-state index in [1.54, 1.807) is 18.7 Å². The predicted octanol–water partition coefficient (Wildman–Crippen LogP) is 2.72. The Kier molecular flexibility index (Phi) is 4.65. The van der Waals surface area contributed by atoms with Gasteiger partial charge < -0.3 is 9.47 Å². The molecule has 1 N–H and O–H groups in total. The number of H-pyrrole nitrogens is 1. The van der Waals surface area contributed by atoms with Crippen LogP contribution >= 0.6 is 11.6 Å². The maximum atomic E-state index is 13.6. The molecule has 0 fully saturated rings. The van der Waals surface area contributed by atoms with Crippen LogP contribution in [0.3, 0.4) is 0 Å². The van der Waals surface area contributed by atoms with Gasteiger partial charge in [-0.05, 0) is 18.1 Å². The first-order chi connectivity index (χ1) is 13.1. The maximum Gasteiger partial charge on any atom is 0.285 e. The van der Waals surface area contributed by atoms with Crippen molar-refractivity contribution in [2.45, 2.75) is 32.4 Å². The van der Waals surface area contributed by atoms with Crippen molar-refractivity contribution in [1.82, 2.24) is 24.7 Å². The molecule has 140 valence electrons. The number of imidazole rings is 1. The lowest BCUT2D eigenvalue weighted by atomic mass is 10.0. The molecule has 3 aromatic heterocycles. The summed E-state index contributed by atoms with van der Waals surface area (Å²) < 4.78 is 15.7. The molecule has 4 heterocycles. The quantitative estimate of drug-likeness (QED) is 0.743. The van der Waals surface area contributed by atoms with Gasteiger partial charge in [-0.1, -0.05) is 18.5 Å². The number of rotatable bonds is 4. The molecule has 27 heavy (non-hydrogen) atoms. The van der Waals surface area contributed by atoms with Crippen LogP contribution in [-0.2, 0) is 13.0 Å². The number of anilines is 1. The normalized spacial score (nSPS) is 14.9. The van der Waals surface area contributed by atoms with Crippen molar-refractivity contribution >= 4 is 17.3 Å². The third-order valence-electron chi connectivity index (χ3n) is 4.89. The van der Waals surface area contributed by atoms with E-state index < -0.39 is 5.56 Å². The number of aromatic amines is 1. The monoisotopic (exact) mass is 388 g/mol. The Labute approximate surface area is 159 Å². The number of pyridine rings is 1. The average Bonchev–Trinajstić information content (AvgIpc) is 3.08. The number of hydrogen-bond acceptors (Lipinski definition) is 5. The van der Waals surface area contributed by atoms with E-state index in [-0.39, 0.29) is 16.9 Å². The lowest BCUT2D eigenvalue weighted by molar-refractivity contribution is 0.526. The Morgan fingerprint density at radius 2 is 2.22 bits per heavy atom. The number of aromatic nitrogens is 5. The molecule has 0 radical (unpaired) electrons. The minimum Gasteiger partial charge on any atom is -0.362 e. The van der Waals surface area contributed by atoms with E-state index in [1.165, 1.54) is 12.3 Å². The van der Waals surface area contributed by atoms with E-state index in [2.05, 4.69) is 31.7 Å². The molecule has 0 aromatic carbocycles. The van der Waals surface area contributed by atoms with Gasteiger partial charge in [-0.15, -0.1) is 0 Å². The number of nitrogens with zero attached hydrogens (tertiary/aromatic N) is 5. The fraction of sp³-hybridized carbons (Fsp3) is 0.333. The predicted molar refractivity (Wildman–Crippen MR) is 99.5 cm³/mol. The van der Waals surface area contributed by atoms with Crippen LogP contribution in [0.25, 0.3) is 0 Å². The van der Waals surface area contributed by atoms with Crippen molar-refractivity contribution in [3.63, 3.8) is 0 Å². The molecule has 0 saturated heterocycles. The van der Waals surface area contributed by atoms with Gasteiger partial charge in [-0.3, -0.25) is 9.78 Å². The second-order valence-corrected chi connectivity index (χ2v) is 6.85. The Bertz CT molecular complexity index is 1030. The van der Waals surface area contributed by atoms with Crippen molar-refractivity contribution in [3.05, 3.63) is 69.1 Å². The van der Waals surface area contributed by atoms with Gasteiger partial charge in [0.25, 0.3) is 5.56 Å². The van der Waals surface area contributed by atoms with Crippen molar-refractivity contribution in [1.29, 1.82) is 0 Å². The molecular weight excluding hydrogens is 371 g/mol. The second kappa shape index (κ2) is 7.11. The summed E-state index contributed by atoms with van der Waals surface area (Å²) in [4.78, 5) is 22.2. The highest BCUT2D eigenvalue weighted by Gasteiger charge is 2.26. The smallest absolute Gasteiger partial charge is 0.285 e. The standard InChI is InChI=1S/C18H18ClFN6O/c1-2-14(11-5-12(20)7-21-6-11)26-10-22-13-9-25(4-3-15(13)26)16-8-23-24-18(27)17(16)19/h5-8,10,14H,2-4,9H2,1H3,(H,24,27)/t14-/m1/s1. The van der Waals surface area contributed by atoms with Crippen LogP contribution in [0.15, 0.2) is 35.8 Å². The number of halogens is 2. The molecule has 4 rings (SSSR count). The molecule has 0 bridgehead atoms. The lowest BCUT2D eigenvalue weighted by Gasteiger charge is -2.30. The van der Waals surface area contributed by atoms with Gasteiger partial charge in [0.05, 0.1) is 42.7 Å². The minimum atomic E-state index is -0.407. The van der Waals surface area contributed by atoms with Crippen molar-refractivity contribution in [2.24, 2.45) is 0 Å². The molecule has 0 aliphatic carbocycles. The van der Waals surface area contributed by atoms with Crippen molar-refractivity contribution < 1.29 is 4.39 Å². The first-order valence-electron chi connectivity index (χ1n) is 8.71. The van der Waals surface area contributed by atoms with E-state index >= 15 is 0 Å². The third-order valence-corrected chi connectivity index (χ3v) is 5.26. The SMILES string of the molecule is CC[C@H](c1cncc(F)c1)n1cnc2c1CCN(c1cn[nH]c(=O)c1Cl)C2. The maximum absolute atomic E-state index is 13.6. The molecule has 0 amide bonds. The second-order valence-electron chi connectivity index (χ2n) is 6.48. The molecule has 0 saturated carbocycles. The fourth-order valence-corrected chi connectivity index (χ4v) is 3.81. The van der Waals surface area contributed by atoms with Crippen LogP contribution in [0.5, 0.6) is 0 Å². The van der Waals surface area contributed by atoms with Gasteiger partial charge in [-0.25, -0.2) is 14.5 Å². The first kappa shape index (κ1) is 17.7. The summed E-state index contributed by atoms with van der Waals surface area (Å²) in [5.74, 6) is -0.345. The van der Waals surface area contributed by atoms with Gasteiger partial charge >= 0.3 is 0 Å². The molecule has 7 nitrogen and oxygen atoms in total. The molecule has 1 aliphatic rings. The molecule has 3 aromatic rings. The summed E-state index contributed by atoms with van der Waals surface area (Å²) in [7, 11) is 0. The van der Waals surface area contributed by atoms with Gasteiger partial charge in [0, 0.05) is 24.9 Å². The molecule has 9 heteroatoms. The Morgan fingerprint density at radius 1 is 1.37 bits per heavy atom. The van der Waals surface area contributed by atoms with E-state index in [9.17, 15) is 9.18 Å². The molecule has 1 aliphatic heterocycles. The average molecular weight is 389 g/mol. The first-order valence-corrected chi connectivity index (χ1v) is 9.09. The zero-order valence-corrected chi connectivity index (χ0v) is 15.4. The number of hydrogen-bond donors (Lipinski definition) is 1. The summed E-state index contributed by atoms with van der Waals surface area (Å²) in [6.07, 6.45) is 7.78. The molecule has 0 unspecified atom stereocenters. The van der Waals surface area contributed by atoms with Gasteiger partial charge in [-0.2, -0.15) is 5.10 Å². The van der Waals surface area contributed by atoms with Crippen LogP contribution < -0.4 is 10.5 Å². The zero-order chi connectivity index (χ0) is 19.0. The lowest BCUT2D eigenvalue weighted by Crippen LogP contribution is -2.33. The Hall–Kier alpha value is -2.74. The molecule has 0 spiro atoms.